The van der Waals surface area contributed by atoms with Crippen molar-refractivity contribution in [2.45, 2.75) is 58.7 Å². The third-order valence-electron chi connectivity index (χ3n) is 5.19. The van der Waals surface area contributed by atoms with Crippen LogP contribution in [0.15, 0.2) is 18.3 Å². The lowest BCUT2D eigenvalue weighted by atomic mass is 9.55. The fraction of sp³-hybridized carbons (Fsp3) is 0.706. The fourth-order valence-corrected chi connectivity index (χ4v) is 4.10. The maximum Gasteiger partial charge on any atom is 0.0684 e. The van der Waals surface area contributed by atoms with E-state index in [0.29, 0.717) is 18.1 Å². The van der Waals surface area contributed by atoms with E-state index >= 15 is 0 Å². The molecule has 0 spiro atoms. The van der Waals surface area contributed by atoms with Gasteiger partial charge in [-0.2, -0.15) is 0 Å². The summed E-state index contributed by atoms with van der Waals surface area (Å²) in [6.07, 6.45) is 5.90. The summed E-state index contributed by atoms with van der Waals surface area (Å²) in [7, 11) is 0. The topological polar surface area (TPSA) is 34.2 Å². The van der Waals surface area contributed by atoms with Gasteiger partial charge < -0.3 is 10.1 Å². The molecule has 2 heterocycles. The van der Waals surface area contributed by atoms with Gasteiger partial charge in [0.25, 0.3) is 0 Å². The van der Waals surface area contributed by atoms with E-state index in [2.05, 4.69) is 37.1 Å². The van der Waals surface area contributed by atoms with Gasteiger partial charge in [0.15, 0.2) is 0 Å². The van der Waals surface area contributed by atoms with Crippen LogP contribution in [-0.2, 0) is 17.7 Å². The zero-order valence-corrected chi connectivity index (χ0v) is 12.9. The summed E-state index contributed by atoms with van der Waals surface area (Å²) in [4.78, 5) is 4.54. The number of nitrogens with one attached hydrogen (secondary N) is 1. The Morgan fingerprint density at radius 2 is 2.30 bits per heavy atom. The molecular weight excluding hydrogens is 248 g/mol. The summed E-state index contributed by atoms with van der Waals surface area (Å²) in [5, 5.41) is 3.76. The lowest BCUT2D eigenvalue weighted by Gasteiger charge is -2.60. The first-order chi connectivity index (χ1) is 9.64. The number of rotatable bonds is 4. The van der Waals surface area contributed by atoms with Crippen molar-refractivity contribution in [1.29, 1.82) is 0 Å². The molecule has 3 atom stereocenters. The first-order valence-electron chi connectivity index (χ1n) is 7.92. The molecule has 1 N–H and O–H groups in total. The molecule has 3 nitrogen and oxygen atoms in total. The lowest BCUT2D eigenvalue weighted by molar-refractivity contribution is -0.193. The Morgan fingerprint density at radius 3 is 3.10 bits per heavy atom. The molecule has 2 aliphatic rings. The first-order valence-corrected chi connectivity index (χ1v) is 7.92. The van der Waals surface area contributed by atoms with Gasteiger partial charge in [-0.25, -0.2) is 0 Å². The van der Waals surface area contributed by atoms with Gasteiger partial charge in [0, 0.05) is 36.7 Å². The maximum atomic E-state index is 5.96. The molecule has 20 heavy (non-hydrogen) atoms. The Labute approximate surface area is 122 Å². The van der Waals surface area contributed by atoms with E-state index in [-0.39, 0.29) is 5.41 Å². The molecule has 110 valence electrons. The average Bonchev–Trinajstić information content (AvgIpc) is 2.47. The van der Waals surface area contributed by atoms with Crippen molar-refractivity contribution in [3.8, 4) is 0 Å². The Bertz CT molecular complexity index is 472. The summed E-state index contributed by atoms with van der Waals surface area (Å²) in [5.41, 5.74) is 2.80. The Morgan fingerprint density at radius 1 is 1.45 bits per heavy atom. The SMILES string of the molecule is CCc1cccnc1CNC1C2CCCOC2C1(C)C. The van der Waals surface area contributed by atoms with Gasteiger partial charge in [-0.05, 0) is 30.9 Å². The molecule has 1 aliphatic carbocycles. The van der Waals surface area contributed by atoms with Crippen LogP contribution < -0.4 is 5.32 Å². The van der Waals surface area contributed by atoms with E-state index in [9.17, 15) is 0 Å². The number of hydrogen-bond donors (Lipinski definition) is 1. The van der Waals surface area contributed by atoms with E-state index in [0.717, 1.165) is 19.6 Å². The van der Waals surface area contributed by atoms with Crippen LogP contribution in [0.2, 0.25) is 0 Å². The molecule has 0 bridgehead atoms. The number of nitrogens with zero attached hydrogens (tertiary/aromatic N) is 1. The van der Waals surface area contributed by atoms with Crippen molar-refractivity contribution in [2.24, 2.45) is 11.3 Å². The molecule has 1 aromatic rings. The van der Waals surface area contributed by atoms with Crippen molar-refractivity contribution in [1.82, 2.24) is 10.3 Å². The molecular formula is C17H26N2O. The van der Waals surface area contributed by atoms with Crippen LogP contribution in [0.25, 0.3) is 0 Å². The summed E-state index contributed by atoms with van der Waals surface area (Å²) in [6, 6.07) is 4.77. The van der Waals surface area contributed by atoms with Crippen molar-refractivity contribution in [3.05, 3.63) is 29.6 Å². The lowest BCUT2D eigenvalue weighted by Crippen LogP contribution is -2.69. The fourth-order valence-electron chi connectivity index (χ4n) is 4.10. The molecule has 1 aliphatic heterocycles. The summed E-state index contributed by atoms with van der Waals surface area (Å²) >= 11 is 0. The molecule has 0 amide bonds. The number of aryl methyl sites for hydroxylation is 1. The van der Waals surface area contributed by atoms with Gasteiger partial charge >= 0.3 is 0 Å². The van der Waals surface area contributed by atoms with Crippen LogP contribution in [-0.4, -0.2) is 23.7 Å². The minimum absolute atomic E-state index is 0.242. The van der Waals surface area contributed by atoms with Gasteiger partial charge in [0.2, 0.25) is 0 Å². The van der Waals surface area contributed by atoms with Gasteiger partial charge in [-0.15, -0.1) is 0 Å². The van der Waals surface area contributed by atoms with E-state index in [1.165, 1.54) is 24.1 Å². The van der Waals surface area contributed by atoms with Gasteiger partial charge in [-0.3, -0.25) is 4.98 Å². The predicted octanol–water partition coefficient (Wildman–Crippen LogP) is 2.94. The van der Waals surface area contributed by atoms with Gasteiger partial charge in [0.05, 0.1) is 11.8 Å². The second-order valence-corrected chi connectivity index (χ2v) is 6.74. The zero-order chi connectivity index (χ0) is 14.2. The van der Waals surface area contributed by atoms with Crippen LogP contribution in [0.3, 0.4) is 0 Å². The molecule has 1 saturated carbocycles. The quantitative estimate of drug-likeness (QED) is 0.916. The minimum Gasteiger partial charge on any atom is -0.377 e. The van der Waals surface area contributed by atoms with Crippen LogP contribution in [0.1, 0.15) is 44.9 Å². The highest BCUT2D eigenvalue weighted by molar-refractivity contribution is 5.20. The summed E-state index contributed by atoms with van der Waals surface area (Å²) in [6.45, 7) is 8.67. The second-order valence-electron chi connectivity index (χ2n) is 6.74. The van der Waals surface area contributed by atoms with Crippen molar-refractivity contribution >= 4 is 0 Å². The highest BCUT2D eigenvalue weighted by Gasteiger charge is 2.57. The van der Waals surface area contributed by atoms with Gasteiger partial charge in [0.1, 0.15) is 0 Å². The Kier molecular flexibility index (Phi) is 3.83. The molecule has 1 aromatic heterocycles. The zero-order valence-electron chi connectivity index (χ0n) is 12.9. The van der Waals surface area contributed by atoms with Crippen LogP contribution >= 0.6 is 0 Å². The number of aromatic nitrogens is 1. The molecule has 3 heteroatoms. The van der Waals surface area contributed by atoms with Crippen molar-refractivity contribution < 1.29 is 4.74 Å². The Hall–Kier alpha value is -0.930. The smallest absolute Gasteiger partial charge is 0.0684 e. The van der Waals surface area contributed by atoms with Crippen LogP contribution in [0.4, 0.5) is 0 Å². The first kappa shape index (κ1) is 14.0. The predicted molar refractivity (Wildman–Crippen MR) is 80.5 cm³/mol. The molecule has 3 unspecified atom stereocenters. The third-order valence-corrected chi connectivity index (χ3v) is 5.19. The molecule has 1 saturated heterocycles. The minimum atomic E-state index is 0.242. The number of fused-ring (bicyclic) bond motifs is 1. The molecule has 3 rings (SSSR count). The van der Waals surface area contributed by atoms with Crippen LogP contribution in [0.5, 0.6) is 0 Å². The van der Waals surface area contributed by atoms with Gasteiger partial charge in [-0.1, -0.05) is 26.8 Å². The number of pyridine rings is 1. The largest absolute Gasteiger partial charge is 0.377 e. The van der Waals surface area contributed by atoms with Crippen molar-refractivity contribution in [2.75, 3.05) is 6.61 Å². The van der Waals surface area contributed by atoms with E-state index in [1.807, 2.05) is 12.3 Å². The highest BCUT2D eigenvalue weighted by Crippen LogP contribution is 2.51. The summed E-state index contributed by atoms with van der Waals surface area (Å²) in [5.74, 6) is 0.688. The normalized spacial score (nSPS) is 31.4. The van der Waals surface area contributed by atoms with Crippen molar-refractivity contribution in [3.63, 3.8) is 0 Å². The second kappa shape index (κ2) is 5.45. The molecule has 0 radical (unpaired) electrons. The maximum absolute atomic E-state index is 5.96. The molecule has 2 fully saturated rings. The van der Waals surface area contributed by atoms with E-state index in [1.54, 1.807) is 0 Å². The average molecular weight is 274 g/mol. The van der Waals surface area contributed by atoms with E-state index in [4.69, 9.17) is 4.74 Å². The van der Waals surface area contributed by atoms with Crippen LogP contribution in [0, 0.1) is 11.3 Å². The standard InChI is InChI=1S/C17H26N2O/c1-4-12-7-5-9-18-14(12)11-19-15-13-8-6-10-20-16(13)17(15,2)3/h5,7,9,13,15-16,19H,4,6,8,10-11H2,1-3H3. The Balaban J connectivity index is 1.66. The summed E-state index contributed by atoms with van der Waals surface area (Å²) < 4.78 is 5.96. The highest BCUT2D eigenvalue weighted by atomic mass is 16.5. The number of hydrogen-bond acceptors (Lipinski definition) is 3. The monoisotopic (exact) mass is 274 g/mol. The third kappa shape index (κ3) is 2.27. The van der Waals surface area contributed by atoms with E-state index < -0.39 is 0 Å². The number of ether oxygens (including phenoxy) is 1. The molecule has 0 aromatic carbocycles.